The Labute approximate surface area is 114 Å². The minimum absolute atomic E-state index is 0.194. The highest BCUT2D eigenvalue weighted by Crippen LogP contribution is 2.03. The summed E-state index contributed by atoms with van der Waals surface area (Å²) in [7, 11) is 1.74. The van der Waals surface area contributed by atoms with Gasteiger partial charge in [0.05, 0.1) is 12.7 Å². The Hall–Kier alpha value is -0.120. The van der Waals surface area contributed by atoms with Gasteiger partial charge in [-0.2, -0.15) is 0 Å². The number of rotatable bonds is 13. The summed E-state index contributed by atoms with van der Waals surface area (Å²) in [6.45, 7) is 10.1. The van der Waals surface area contributed by atoms with Crippen LogP contribution in [0.25, 0.3) is 0 Å². The molecule has 0 radical (unpaired) electrons. The second-order valence-electron chi connectivity index (χ2n) is 5.41. The van der Waals surface area contributed by atoms with Gasteiger partial charge in [-0.05, 0) is 18.9 Å². The number of ether oxygens (including phenoxy) is 2. The molecule has 0 heterocycles. The molecular weight excluding hydrogens is 226 g/mol. The zero-order chi connectivity index (χ0) is 13.6. The van der Waals surface area contributed by atoms with Gasteiger partial charge in [0.2, 0.25) is 0 Å². The molecule has 0 aliphatic carbocycles. The molecule has 0 saturated heterocycles. The summed E-state index contributed by atoms with van der Waals surface area (Å²) in [4.78, 5) is 0. The van der Waals surface area contributed by atoms with E-state index in [0.717, 1.165) is 19.7 Å². The van der Waals surface area contributed by atoms with E-state index in [1.165, 1.54) is 32.1 Å². The van der Waals surface area contributed by atoms with Crippen LogP contribution in [-0.2, 0) is 9.47 Å². The number of hydrogen-bond acceptors (Lipinski definition) is 3. The molecule has 1 atom stereocenters. The van der Waals surface area contributed by atoms with Crippen molar-refractivity contribution in [1.82, 2.24) is 5.32 Å². The van der Waals surface area contributed by atoms with Gasteiger partial charge in [-0.15, -0.1) is 0 Å². The smallest absolute Gasteiger partial charge is 0.0932 e. The predicted molar refractivity (Wildman–Crippen MR) is 78.1 cm³/mol. The van der Waals surface area contributed by atoms with E-state index in [2.05, 4.69) is 26.1 Å². The zero-order valence-corrected chi connectivity index (χ0v) is 12.8. The lowest BCUT2D eigenvalue weighted by atomic mass is 10.2. The van der Waals surface area contributed by atoms with Crippen molar-refractivity contribution in [2.45, 2.75) is 59.0 Å². The molecule has 0 aromatic heterocycles. The van der Waals surface area contributed by atoms with E-state index in [4.69, 9.17) is 9.47 Å². The van der Waals surface area contributed by atoms with Gasteiger partial charge in [-0.3, -0.25) is 0 Å². The van der Waals surface area contributed by atoms with E-state index in [1.54, 1.807) is 7.11 Å². The number of hydrogen-bond donors (Lipinski definition) is 1. The Morgan fingerprint density at radius 1 is 1.00 bits per heavy atom. The molecule has 0 fully saturated rings. The predicted octanol–water partition coefficient (Wildman–Crippen LogP) is 3.23. The van der Waals surface area contributed by atoms with Gasteiger partial charge >= 0.3 is 0 Å². The van der Waals surface area contributed by atoms with Gasteiger partial charge < -0.3 is 14.8 Å². The van der Waals surface area contributed by atoms with E-state index in [1.807, 2.05) is 0 Å². The molecule has 0 spiro atoms. The van der Waals surface area contributed by atoms with Crippen LogP contribution in [0.5, 0.6) is 0 Å². The first kappa shape index (κ1) is 17.9. The molecule has 18 heavy (non-hydrogen) atoms. The summed E-state index contributed by atoms with van der Waals surface area (Å²) >= 11 is 0. The lowest BCUT2D eigenvalue weighted by Gasteiger charge is -2.18. The van der Waals surface area contributed by atoms with Crippen LogP contribution in [0, 0.1) is 5.92 Å². The third-order valence-corrected chi connectivity index (χ3v) is 2.88. The molecule has 0 aliphatic heterocycles. The average Bonchev–Trinajstić information content (AvgIpc) is 2.33. The van der Waals surface area contributed by atoms with Gasteiger partial charge in [-0.1, -0.05) is 46.5 Å². The SMILES string of the molecule is CCCCCCCOC(CNCC(C)C)COC. The molecule has 110 valence electrons. The van der Waals surface area contributed by atoms with Crippen molar-refractivity contribution >= 4 is 0 Å². The summed E-state index contributed by atoms with van der Waals surface area (Å²) in [6, 6.07) is 0. The Balaban J connectivity index is 3.50. The van der Waals surface area contributed by atoms with Gasteiger partial charge in [0.15, 0.2) is 0 Å². The zero-order valence-electron chi connectivity index (χ0n) is 12.8. The molecule has 3 nitrogen and oxygen atoms in total. The highest BCUT2D eigenvalue weighted by atomic mass is 16.5. The fourth-order valence-electron chi connectivity index (χ4n) is 1.84. The summed E-state index contributed by atoms with van der Waals surface area (Å²) in [5.74, 6) is 0.683. The number of methoxy groups -OCH3 is 1. The van der Waals surface area contributed by atoms with Crippen LogP contribution in [0.1, 0.15) is 52.9 Å². The van der Waals surface area contributed by atoms with E-state index in [0.29, 0.717) is 12.5 Å². The van der Waals surface area contributed by atoms with Crippen molar-refractivity contribution < 1.29 is 9.47 Å². The Bertz CT molecular complexity index is 163. The molecule has 1 unspecified atom stereocenters. The fraction of sp³-hybridized carbons (Fsp3) is 1.00. The van der Waals surface area contributed by atoms with Crippen molar-refractivity contribution in [3.8, 4) is 0 Å². The molecule has 0 aromatic rings. The molecule has 0 bridgehead atoms. The lowest BCUT2D eigenvalue weighted by Crippen LogP contribution is -2.34. The van der Waals surface area contributed by atoms with Crippen LogP contribution in [0.2, 0.25) is 0 Å². The van der Waals surface area contributed by atoms with Gasteiger partial charge in [-0.25, -0.2) is 0 Å². The van der Waals surface area contributed by atoms with Crippen molar-refractivity contribution in [2.75, 3.05) is 33.4 Å². The van der Waals surface area contributed by atoms with Crippen molar-refractivity contribution in [2.24, 2.45) is 5.92 Å². The minimum atomic E-state index is 0.194. The third-order valence-electron chi connectivity index (χ3n) is 2.88. The lowest BCUT2D eigenvalue weighted by molar-refractivity contribution is -0.00264. The Morgan fingerprint density at radius 3 is 2.33 bits per heavy atom. The summed E-state index contributed by atoms with van der Waals surface area (Å²) in [5, 5.41) is 3.43. The fourth-order valence-corrected chi connectivity index (χ4v) is 1.84. The molecule has 0 rings (SSSR count). The van der Waals surface area contributed by atoms with Crippen LogP contribution in [0.3, 0.4) is 0 Å². The third kappa shape index (κ3) is 12.3. The maximum absolute atomic E-state index is 5.86. The first-order valence-electron chi connectivity index (χ1n) is 7.51. The van der Waals surface area contributed by atoms with Crippen LogP contribution in [-0.4, -0.2) is 39.5 Å². The molecule has 0 saturated carbocycles. The second kappa shape index (κ2) is 13.3. The molecule has 0 aromatic carbocycles. The standard InChI is InChI=1S/C15H33NO2/c1-5-6-7-8-9-10-18-15(13-17-4)12-16-11-14(2)3/h14-16H,5-13H2,1-4H3. The van der Waals surface area contributed by atoms with Gasteiger partial charge in [0.1, 0.15) is 0 Å². The van der Waals surface area contributed by atoms with Gasteiger partial charge in [0.25, 0.3) is 0 Å². The monoisotopic (exact) mass is 259 g/mol. The summed E-state index contributed by atoms with van der Waals surface area (Å²) < 4.78 is 11.0. The summed E-state index contributed by atoms with van der Waals surface area (Å²) in [6.07, 6.45) is 6.63. The first-order chi connectivity index (χ1) is 8.70. The molecule has 3 heteroatoms. The quantitative estimate of drug-likeness (QED) is 0.515. The molecular formula is C15H33NO2. The average molecular weight is 259 g/mol. The summed E-state index contributed by atoms with van der Waals surface area (Å²) in [5.41, 5.74) is 0. The first-order valence-corrected chi connectivity index (χ1v) is 7.51. The van der Waals surface area contributed by atoms with E-state index in [9.17, 15) is 0 Å². The number of nitrogens with one attached hydrogen (secondary N) is 1. The largest absolute Gasteiger partial charge is 0.382 e. The van der Waals surface area contributed by atoms with Crippen molar-refractivity contribution in [3.05, 3.63) is 0 Å². The highest BCUT2D eigenvalue weighted by molar-refractivity contribution is 4.62. The molecule has 0 aliphatic rings. The van der Waals surface area contributed by atoms with Crippen LogP contribution in [0.4, 0.5) is 0 Å². The van der Waals surface area contributed by atoms with E-state index in [-0.39, 0.29) is 6.10 Å². The Kier molecular flexibility index (Phi) is 13.2. The van der Waals surface area contributed by atoms with Gasteiger partial charge in [0, 0.05) is 20.3 Å². The van der Waals surface area contributed by atoms with E-state index >= 15 is 0 Å². The maximum atomic E-state index is 5.86. The molecule has 1 N–H and O–H groups in total. The van der Waals surface area contributed by atoms with Crippen LogP contribution < -0.4 is 5.32 Å². The minimum Gasteiger partial charge on any atom is -0.382 e. The number of unbranched alkanes of at least 4 members (excludes halogenated alkanes) is 4. The highest BCUT2D eigenvalue weighted by Gasteiger charge is 2.08. The van der Waals surface area contributed by atoms with Crippen LogP contribution in [0.15, 0.2) is 0 Å². The van der Waals surface area contributed by atoms with Crippen LogP contribution >= 0.6 is 0 Å². The topological polar surface area (TPSA) is 30.5 Å². The normalized spacial score (nSPS) is 13.2. The van der Waals surface area contributed by atoms with Crippen molar-refractivity contribution in [1.29, 1.82) is 0 Å². The molecule has 0 amide bonds. The Morgan fingerprint density at radius 2 is 1.72 bits per heavy atom. The maximum Gasteiger partial charge on any atom is 0.0932 e. The van der Waals surface area contributed by atoms with E-state index < -0.39 is 0 Å². The van der Waals surface area contributed by atoms with Crippen molar-refractivity contribution in [3.63, 3.8) is 0 Å². The second-order valence-corrected chi connectivity index (χ2v) is 5.41.